The quantitative estimate of drug-likeness (QED) is 0.487. The third-order valence-corrected chi connectivity index (χ3v) is 4.44. The van der Waals surface area contributed by atoms with E-state index in [-0.39, 0.29) is 0 Å². The standard InChI is InChI=1S/C22H17N3O4/c1-28-21(26)17-13-11-15(12-14-17)20(29-22(27)16-7-3-2-4-8-16)25-19-10-6-5-9-18(19)23-24-25/h2-14,20H,1H3. The van der Waals surface area contributed by atoms with E-state index < -0.39 is 18.2 Å². The summed E-state index contributed by atoms with van der Waals surface area (Å²) in [6.45, 7) is 0. The Hall–Kier alpha value is -4.00. The minimum Gasteiger partial charge on any atom is -0.465 e. The average molecular weight is 387 g/mol. The van der Waals surface area contributed by atoms with E-state index in [0.29, 0.717) is 22.2 Å². The molecule has 0 aliphatic rings. The van der Waals surface area contributed by atoms with Crippen molar-refractivity contribution in [1.29, 1.82) is 0 Å². The fourth-order valence-corrected chi connectivity index (χ4v) is 2.96. The van der Waals surface area contributed by atoms with Crippen LogP contribution in [0, 0.1) is 0 Å². The molecule has 0 radical (unpaired) electrons. The third kappa shape index (κ3) is 3.70. The molecule has 0 N–H and O–H groups in total. The second-order valence-electron chi connectivity index (χ2n) is 6.26. The van der Waals surface area contributed by atoms with Gasteiger partial charge in [-0.25, -0.2) is 14.3 Å². The van der Waals surface area contributed by atoms with E-state index in [1.165, 1.54) is 7.11 Å². The van der Waals surface area contributed by atoms with E-state index in [4.69, 9.17) is 9.47 Å². The molecule has 1 aromatic heterocycles. The lowest BCUT2D eigenvalue weighted by molar-refractivity contribution is 0.0195. The Morgan fingerprint density at radius 3 is 2.21 bits per heavy atom. The number of methoxy groups -OCH3 is 1. The van der Waals surface area contributed by atoms with Crippen molar-refractivity contribution in [2.75, 3.05) is 7.11 Å². The van der Waals surface area contributed by atoms with E-state index >= 15 is 0 Å². The van der Waals surface area contributed by atoms with Crippen LogP contribution >= 0.6 is 0 Å². The number of benzene rings is 3. The molecule has 1 heterocycles. The van der Waals surface area contributed by atoms with Crippen molar-refractivity contribution in [3.63, 3.8) is 0 Å². The Bertz CT molecular complexity index is 1150. The van der Waals surface area contributed by atoms with Gasteiger partial charge in [-0.15, -0.1) is 5.10 Å². The molecule has 29 heavy (non-hydrogen) atoms. The van der Waals surface area contributed by atoms with Gasteiger partial charge in [-0.3, -0.25) is 0 Å². The summed E-state index contributed by atoms with van der Waals surface area (Å²) in [6.07, 6.45) is -0.859. The van der Waals surface area contributed by atoms with Gasteiger partial charge in [0, 0.05) is 5.56 Å². The van der Waals surface area contributed by atoms with Crippen LogP contribution in [0.15, 0.2) is 78.9 Å². The number of carbonyl (C=O) groups is 2. The molecule has 144 valence electrons. The van der Waals surface area contributed by atoms with Crippen molar-refractivity contribution in [1.82, 2.24) is 15.0 Å². The zero-order valence-corrected chi connectivity index (χ0v) is 15.6. The Kier molecular flexibility index (Phi) is 5.03. The zero-order chi connectivity index (χ0) is 20.2. The van der Waals surface area contributed by atoms with Gasteiger partial charge in [-0.1, -0.05) is 47.7 Å². The zero-order valence-electron chi connectivity index (χ0n) is 15.6. The summed E-state index contributed by atoms with van der Waals surface area (Å²) in [4.78, 5) is 24.4. The van der Waals surface area contributed by atoms with Gasteiger partial charge < -0.3 is 9.47 Å². The van der Waals surface area contributed by atoms with Crippen LogP contribution in [0.25, 0.3) is 11.0 Å². The molecule has 0 saturated carbocycles. The van der Waals surface area contributed by atoms with Gasteiger partial charge in [0.05, 0.1) is 23.8 Å². The highest BCUT2D eigenvalue weighted by molar-refractivity contribution is 5.90. The molecule has 1 unspecified atom stereocenters. The van der Waals surface area contributed by atoms with Gasteiger partial charge in [0.15, 0.2) is 0 Å². The van der Waals surface area contributed by atoms with E-state index in [1.54, 1.807) is 53.2 Å². The molecule has 4 rings (SSSR count). The number of carbonyl (C=O) groups excluding carboxylic acids is 2. The molecular formula is C22H17N3O4. The molecule has 0 saturated heterocycles. The first kappa shape index (κ1) is 18.4. The first-order valence-electron chi connectivity index (χ1n) is 8.91. The summed E-state index contributed by atoms with van der Waals surface area (Å²) in [5.41, 5.74) is 2.85. The molecule has 4 aromatic rings. The highest BCUT2D eigenvalue weighted by atomic mass is 16.6. The predicted molar refractivity (Wildman–Crippen MR) is 105 cm³/mol. The molecule has 3 aromatic carbocycles. The number of hydrogen-bond donors (Lipinski definition) is 0. The second kappa shape index (κ2) is 7.93. The number of fused-ring (bicyclic) bond motifs is 1. The number of aromatic nitrogens is 3. The van der Waals surface area contributed by atoms with Gasteiger partial charge in [0.25, 0.3) is 0 Å². The van der Waals surface area contributed by atoms with E-state index in [2.05, 4.69) is 10.3 Å². The van der Waals surface area contributed by atoms with Crippen molar-refractivity contribution in [3.05, 3.63) is 95.6 Å². The maximum absolute atomic E-state index is 12.7. The minimum atomic E-state index is -0.859. The Balaban J connectivity index is 1.75. The summed E-state index contributed by atoms with van der Waals surface area (Å²) in [5.74, 6) is -0.937. The molecule has 1 atom stereocenters. The van der Waals surface area contributed by atoms with Crippen LogP contribution < -0.4 is 0 Å². The highest BCUT2D eigenvalue weighted by Gasteiger charge is 2.23. The number of rotatable bonds is 5. The van der Waals surface area contributed by atoms with E-state index in [1.807, 2.05) is 30.3 Å². The van der Waals surface area contributed by atoms with Gasteiger partial charge in [-0.05, 0) is 36.4 Å². The molecule has 7 heteroatoms. The van der Waals surface area contributed by atoms with Gasteiger partial charge in [-0.2, -0.15) is 0 Å². The van der Waals surface area contributed by atoms with Crippen LogP contribution in [0.3, 0.4) is 0 Å². The van der Waals surface area contributed by atoms with E-state index in [0.717, 1.165) is 5.52 Å². The minimum absolute atomic E-state index is 0.396. The van der Waals surface area contributed by atoms with Crippen LogP contribution in [0.2, 0.25) is 0 Å². The van der Waals surface area contributed by atoms with Crippen LogP contribution in [0.5, 0.6) is 0 Å². The first-order chi connectivity index (χ1) is 14.2. The lowest BCUT2D eigenvalue weighted by atomic mass is 10.1. The fraction of sp³-hybridized carbons (Fsp3) is 0.0909. The molecule has 0 aliphatic heterocycles. The number of ether oxygens (including phenoxy) is 2. The summed E-state index contributed by atoms with van der Waals surface area (Å²) < 4.78 is 12.1. The second-order valence-corrected chi connectivity index (χ2v) is 6.26. The van der Waals surface area contributed by atoms with E-state index in [9.17, 15) is 9.59 Å². The number of esters is 2. The molecule has 0 bridgehead atoms. The number of para-hydroxylation sites is 1. The summed E-state index contributed by atoms with van der Waals surface area (Å²) >= 11 is 0. The van der Waals surface area contributed by atoms with Crippen LogP contribution in [-0.2, 0) is 9.47 Å². The summed E-state index contributed by atoms with van der Waals surface area (Å²) in [7, 11) is 1.32. The van der Waals surface area contributed by atoms with Crippen molar-refractivity contribution >= 4 is 23.0 Å². The largest absolute Gasteiger partial charge is 0.465 e. The van der Waals surface area contributed by atoms with Crippen molar-refractivity contribution in [2.45, 2.75) is 6.23 Å². The molecule has 0 fully saturated rings. The lowest BCUT2D eigenvalue weighted by Gasteiger charge is -2.19. The summed E-state index contributed by atoms with van der Waals surface area (Å²) in [6, 6.07) is 22.7. The Morgan fingerprint density at radius 1 is 0.828 bits per heavy atom. The number of hydrogen-bond acceptors (Lipinski definition) is 6. The van der Waals surface area contributed by atoms with Gasteiger partial charge in [0.1, 0.15) is 5.52 Å². The molecule has 0 amide bonds. The maximum atomic E-state index is 12.7. The molecule has 7 nitrogen and oxygen atoms in total. The monoisotopic (exact) mass is 387 g/mol. The number of nitrogens with zero attached hydrogens (tertiary/aromatic N) is 3. The van der Waals surface area contributed by atoms with Crippen LogP contribution in [-0.4, -0.2) is 34.0 Å². The van der Waals surface area contributed by atoms with Gasteiger partial charge in [0.2, 0.25) is 6.23 Å². The fourth-order valence-electron chi connectivity index (χ4n) is 2.96. The van der Waals surface area contributed by atoms with Crippen molar-refractivity contribution in [3.8, 4) is 0 Å². The SMILES string of the molecule is COC(=O)c1ccc(C(OC(=O)c2ccccc2)n2nnc3ccccc32)cc1. The van der Waals surface area contributed by atoms with Crippen LogP contribution in [0.4, 0.5) is 0 Å². The highest BCUT2D eigenvalue weighted by Crippen LogP contribution is 2.25. The third-order valence-electron chi connectivity index (χ3n) is 4.44. The smallest absolute Gasteiger partial charge is 0.340 e. The molecule has 0 aliphatic carbocycles. The topological polar surface area (TPSA) is 83.3 Å². The van der Waals surface area contributed by atoms with Crippen molar-refractivity contribution < 1.29 is 19.1 Å². The Morgan fingerprint density at radius 2 is 1.48 bits per heavy atom. The lowest BCUT2D eigenvalue weighted by Crippen LogP contribution is -2.20. The summed E-state index contributed by atoms with van der Waals surface area (Å²) in [5, 5.41) is 8.34. The molecule has 0 spiro atoms. The maximum Gasteiger partial charge on any atom is 0.340 e. The van der Waals surface area contributed by atoms with Crippen LogP contribution in [0.1, 0.15) is 32.5 Å². The first-order valence-corrected chi connectivity index (χ1v) is 8.91. The van der Waals surface area contributed by atoms with Gasteiger partial charge >= 0.3 is 11.9 Å². The Labute approximate surface area is 166 Å². The predicted octanol–water partition coefficient (Wildman–Crippen LogP) is 3.62. The molecular weight excluding hydrogens is 370 g/mol. The van der Waals surface area contributed by atoms with Crippen molar-refractivity contribution in [2.24, 2.45) is 0 Å². The average Bonchev–Trinajstić information content (AvgIpc) is 3.21. The normalized spacial score (nSPS) is 11.8.